The number of piperazine rings is 2. The van der Waals surface area contributed by atoms with Crippen LogP contribution < -0.4 is 24.2 Å². The summed E-state index contributed by atoms with van der Waals surface area (Å²) < 4.78 is 72.2. The molecule has 6 aromatic rings. The van der Waals surface area contributed by atoms with Gasteiger partial charge in [0.1, 0.15) is 11.5 Å². The standard InChI is InChI=1S/C37H47N5O5S.C30H35N3O6S.C7H14N2.2ClH/c1-39(2)48(45,46)38-36(44)24-10-14-29-32(16-24)41-22-37(19-33(43)42-25-11-12-26(42)21-40(3)20-25)18-31(37)30-17-27(47-4)13-15-28(30)35(41)34(29)23-8-6-5-7-9-23;1-32(2)40(37,38)31-29(36)19-9-11-22-25(13-19)33-17-30(16-26(34)35)15-24(30)23-14-20(39-3)10-12-21(23)28(33)27(22)18-7-5-4-6-8-18;1-9-4-6-2-3-7(5-9)8-6;;/h10,13-17,23,25-26,31H,5-9,11-12,18-22H2,1-4H3,(H,38,44);9-14,18,24H,4-8,15-17H2,1-3H3,(H,31,36)(H,34,35);6-8H,2-5H2,1H3;2*1H. The summed E-state index contributed by atoms with van der Waals surface area (Å²) in [5.74, 6) is 0.713. The van der Waals surface area contributed by atoms with Gasteiger partial charge in [-0.1, -0.05) is 50.7 Å². The molecule has 4 N–H and O–H groups in total. The molecule has 10 aliphatic rings. The molecular weight excluding hydrogens is 1340 g/mol. The number of aromatic nitrogens is 2. The van der Waals surface area contributed by atoms with Crippen molar-refractivity contribution >= 4 is 90.7 Å². The van der Waals surface area contributed by atoms with Crippen LogP contribution in [0.3, 0.4) is 0 Å². The normalized spacial score (nSPS) is 26.0. The van der Waals surface area contributed by atoms with Crippen molar-refractivity contribution in [2.24, 2.45) is 10.8 Å². The van der Waals surface area contributed by atoms with Crippen LogP contribution in [0.5, 0.6) is 11.5 Å². The van der Waals surface area contributed by atoms with Crippen molar-refractivity contribution in [3.63, 3.8) is 0 Å². The highest BCUT2D eigenvalue weighted by molar-refractivity contribution is 7.88. The summed E-state index contributed by atoms with van der Waals surface area (Å²) in [6, 6.07) is 25.8. The van der Waals surface area contributed by atoms with E-state index in [1.165, 1.54) is 108 Å². The molecule has 4 saturated carbocycles. The summed E-state index contributed by atoms with van der Waals surface area (Å²) in [5, 5.41) is 15.6. The van der Waals surface area contributed by atoms with Gasteiger partial charge in [0.25, 0.3) is 11.8 Å². The van der Waals surface area contributed by atoms with Crippen molar-refractivity contribution in [2.75, 3.05) is 82.7 Å². The topological polar surface area (TPSA) is 237 Å². The first-order valence-corrected chi connectivity index (χ1v) is 38.1. The van der Waals surface area contributed by atoms with Gasteiger partial charge in [-0.15, -0.1) is 24.8 Å². The number of hydrogen-bond donors (Lipinski definition) is 4. The van der Waals surface area contributed by atoms with E-state index in [4.69, 9.17) is 9.47 Å². The summed E-state index contributed by atoms with van der Waals surface area (Å²) in [7, 11) is 5.33. The zero-order chi connectivity index (χ0) is 68.2. The van der Waals surface area contributed by atoms with Crippen LogP contribution >= 0.6 is 24.8 Å². The van der Waals surface area contributed by atoms with Gasteiger partial charge in [-0.05, 0) is 185 Å². The van der Waals surface area contributed by atoms with Crippen LogP contribution in [-0.4, -0.2) is 185 Å². The number of benzene rings is 4. The van der Waals surface area contributed by atoms with Crippen molar-refractivity contribution < 1.29 is 50.6 Å². The van der Waals surface area contributed by atoms with E-state index >= 15 is 0 Å². The summed E-state index contributed by atoms with van der Waals surface area (Å²) in [6.07, 6.45) is 18.7. The Kier molecular flexibility index (Phi) is 20.6. The van der Waals surface area contributed by atoms with E-state index in [0.29, 0.717) is 36.9 Å². The third-order valence-electron chi connectivity index (χ3n) is 23.6. The Balaban J connectivity index is 0.000000165. The first-order chi connectivity index (χ1) is 46.4. The second kappa shape index (κ2) is 28.2. The monoisotopic (exact) mass is 1440 g/mol. The molecule has 0 spiro atoms. The molecule has 8 atom stereocenters. The molecule has 4 aromatic carbocycles. The van der Waals surface area contributed by atoms with Gasteiger partial charge >= 0.3 is 26.4 Å². The number of halogens is 2. The summed E-state index contributed by atoms with van der Waals surface area (Å²) in [6.45, 7) is 5.57. The number of carboxylic acid groups (broad SMARTS) is 1. The largest absolute Gasteiger partial charge is 0.497 e. The van der Waals surface area contributed by atoms with Crippen LogP contribution in [-0.2, 0) is 43.1 Å². The van der Waals surface area contributed by atoms with E-state index in [9.17, 15) is 41.1 Å². The molecule has 21 nitrogen and oxygen atoms in total. The lowest BCUT2D eigenvalue weighted by Gasteiger charge is -2.40. The molecule has 6 aliphatic heterocycles. The molecule has 4 aliphatic carbocycles. The number of methoxy groups -OCH3 is 2. The smallest absolute Gasteiger partial charge is 0.303 e. The maximum atomic E-state index is 14.3. The van der Waals surface area contributed by atoms with Crippen LogP contribution in [0.15, 0.2) is 72.8 Å². The number of rotatable bonds is 14. The second-order valence-corrected chi connectivity index (χ2v) is 34.2. The Morgan fingerprint density at radius 3 is 1.37 bits per heavy atom. The number of carbonyl (C=O) groups is 4. The van der Waals surface area contributed by atoms with Crippen molar-refractivity contribution in [3.8, 4) is 34.0 Å². The third kappa shape index (κ3) is 13.8. The van der Waals surface area contributed by atoms with Crippen molar-refractivity contribution in [1.82, 2.24) is 47.2 Å². The summed E-state index contributed by atoms with van der Waals surface area (Å²) >= 11 is 0. The Morgan fingerprint density at radius 1 is 0.556 bits per heavy atom. The maximum absolute atomic E-state index is 14.3. The van der Waals surface area contributed by atoms with E-state index in [-0.39, 0.29) is 72.0 Å². The Labute approximate surface area is 595 Å². The highest BCUT2D eigenvalue weighted by atomic mass is 35.5. The van der Waals surface area contributed by atoms with Crippen LogP contribution in [0.1, 0.15) is 182 Å². The average molecular weight is 1440 g/mol. The number of likely N-dealkylation sites (N-methyl/N-ethyl adjacent to an activating group) is 2. The zero-order valence-electron chi connectivity index (χ0n) is 58.3. The molecular formula is C74H98Cl2N10O11S2. The number of aliphatic carboxylic acids is 1. The van der Waals surface area contributed by atoms with Gasteiger partial charge in [0, 0.05) is 153 Å². The predicted octanol–water partition coefficient (Wildman–Crippen LogP) is 10.8. The minimum absolute atomic E-state index is 0. The highest BCUT2D eigenvalue weighted by Crippen LogP contribution is 2.69. The molecule has 8 heterocycles. The number of fused-ring (bicyclic) bond motifs is 18. The third-order valence-corrected chi connectivity index (χ3v) is 26.4. The molecule has 25 heteroatoms. The lowest BCUT2D eigenvalue weighted by atomic mass is 9.81. The second-order valence-electron chi connectivity index (χ2n) is 30.4. The Hall–Kier alpha value is -6.28. The van der Waals surface area contributed by atoms with Crippen LogP contribution in [0, 0.1) is 10.8 Å². The number of carboxylic acids is 1. The first kappa shape index (κ1) is 72.5. The van der Waals surface area contributed by atoms with Crippen LogP contribution in [0.4, 0.5) is 0 Å². The van der Waals surface area contributed by atoms with Crippen LogP contribution in [0.2, 0.25) is 0 Å². The number of likely N-dealkylation sites (tertiary alicyclic amines) is 2. The zero-order valence-corrected chi connectivity index (χ0v) is 61.6. The number of nitrogens with one attached hydrogen (secondary N) is 3. The molecule has 0 radical (unpaired) electrons. The summed E-state index contributed by atoms with van der Waals surface area (Å²) in [4.78, 5) is 59.9. The highest BCUT2D eigenvalue weighted by Gasteiger charge is 2.61. The molecule has 16 rings (SSSR count). The van der Waals surface area contributed by atoms with Gasteiger partial charge in [0.2, 0.25) is 5.91 Å². The molecule has 8 unspecified atom stereocenters. The number of amides is 3. The van der Waals surface area contributed by atoms with Gasteiger partial charge in [-0.2, -0.15) is 25.4 Å². The lowest BCUT2D eigenvalue weighted by molar-refractivity contribution is -0.139. The number of ether oxygens (including phenoxy) is 2. The summed E-state index contributed by atoms with van der Waals surface area (Å²) in [5.41, 5.74) is 11.1. The fourth-order valence-corrected chi connectivity index (χ4v) is 19.8. The van der Waals surface area contributed by atoms with Crippen molar-refractivity contribution in [2.45, 2.75) is 177 Å². The minimum Gasteiger partial charge on any atom is -0.497 e. The number of nitrogens with zero attached hydrogens (tertiary/aromatic N) is 7. The lowest BCUT2D eigenvalue weighted by Crippen LogP contribution is -2.55. The van der Waals surface area contributed by atoms with Crippen molar-refractivity contribution in [1.29, 1.82) is 0 Å². The molecule has 2 aromatic heterocycles. The molecule has 8 fully saturated rings. The first-order valence-electron chi connectivity index (χ1n) is 35.2. The van der Waals surface area contributed by atoms with Gasteiger partial charge in [-0.25, -0.2) is 9.44 Å². The van der Waals surface area contributed by atoms with Gasteiger partial charge in [-0.3, -0.25) is 19.2 Å². The fraction of sp³-hybridized carbons (Fsp3) is 0.568. The van der Waals surface area contributed by atoms with Crippen molar-refractivity contribution in [3.05, 3.63) is 106 Å². The molecule has 3 amide bonds. The van der Waals surface area contributed by atoms with Gasteiger partial charge in [0.05, 0.1) is 32.0 Å². The quantitative estimate of drug-likeness (QED) is 0.0794. The number of carbonyl (C=O) groups excluding carboxylic acids is 3. The Morgan fingerprint density at radius 2 is 0.970 bits per heavy atom. The average Bonchev–Trinajstić information content (AvgIpc) is 1.54. The minimum atomic E-state index is -3.96. The van der Waals surface area contributed by atoms with E-state index < -0.39 is 43.6 Å². The molecule has 536 valence electrons. The fourth-order valence-electron chi connectivity index (χ4n) is 18.7. The van der Waals surface area contributed by atoms with E-state index in [1.807, 2.05) is 30.3 Å². The maximum Gasteiger partial charge on any atom is 0.303 e. The van der Waals surface area contributed by atoms with Gasteiger partial charge in [0.15, 0.2) is 0 Å². The molecule has 99 heavy (non-hydrogen) atoms. The van der Waals surface area contributed by atoms with Crippen LogP contribution in [0.25, 0.3) is 44.3 Å². The molecule has 4 saturated heterocycles. The Bertz CT molecular complexity index is 4330. The number of hydrogen-bond acceptors (Lipinski definition) is 13. The van der Waals surface area contributed by atoms with E-state index in [2.05, 4.69) is 77.0 Å². The molecule has 4 bridgehead atoms. The van der Waals surface area contributed by atoms with E-state index in [1.54, 1.807) is 32.4 Å². The van der Waals surface area contributed by atoms with E-state index in [0.717, 1.165) is 148 Å². The van der Waals surface area contributed by atoms with Gasteiger partial charge < -0.3 is 43.7 Å². The SMILES string of the molecule is CN1CC2CCC(C1)N2.COc1ccc2c(c1)C1CC1(CC(=O)N1C3CCC1CN(C)C3)Cn1c-2c(C2CCCCC2)c2ccc(C(=O)NS(=O)(=O)N(C)C)cc21.COc1ccc2c(c1)C1CC1(CC(=O)O)Cn1c-2c(C2CCCCC2)c2ccc(C(=O)NS(=O)(=O)N(C)C)cc21.Cl.Cl. The predicted molar refractivity (Wildman–Crippen MR) is 389 cm³/mol.